The molecule has 0 aliphatic heterocycles. The minimum atomic E-state index is -3.37. The van der Waals surface area contributed by atoms with Crippen molar-refractivity contribution in [2.24, 2.45) is 5.92 Å². The van der Waals surface area contributed by atoms with Crippen LogP contribution in [-0.4, -0.2) is 8.42 Å². The lowest BCUT2D eigenvalue weighted by atomic mass is 10.4. The average molecular weight is 316 g/mol. The maximum absolute atomic E-state index is 12.5. The molecule has 0 spiro atoms. The molecule has 2 nitrogen and oxygen atoms in total. The van der Waals surface area contributed by atoms with Gasteiger partial charge in [0, 0.05) is 15.2 Å². The average Bonchev–Trinajstić information content (AvgIpc) is 3.33. The highest BCUT2D eigenvalue weighted by Gasteiger charge is 2.28. The van der Waals surface area contributed by atoms with Gasteiger partial charge in [-0.05, 0) is 43.0 Å². The standard InChI is InChI=1S/C17H16O2S2/c18-21(19,16-9-5-2-6-10-16)13-17(14-11-12-14)20-15-7-3-1-4-8-15/h1-10,13-14H,11-12H2/b17-13+. The molecule has 0 radical (unpaired) electrons. The van der Waals surface area contributed by atoms with E-state index in [2.05, 4.69) is 0 Å². The van der Waals surface area contributed by atoms with Crippen molar-refractivity contribution in [1.82, 2.24) is 0 Å². The number of sulfone groups is 1. The van der Waals surface area contributed by atoms with E-state index in [1.165, 1.54) is 5.41 Å². The number of thioether (sulfide) groups is 1. The lowest BCUT2D eigenvalue weighted by molar-refractivity contribution is 0.604. The van der Waals surface area contributed by atoms with Crippen molar-refractivity contribution in [2.75, 3.05) is 0 Å². The summed E-state index contributed by atoms with van der Waals surface area (Å²) < 4.78 is 25.0. The fourth-order valence-electron chi connectivity index (χ4n) is 2.03. The maximum atomic E-state index is 12.5. The van der Waals surface area contributed by atoms with Crippen LogP contribution in [0.4, 0.5) is 0 Å². The van der Waals surface area contributed by atoms with Crippen molar-refractivity contribution >= 4 is 21.6 Å². The van der Waals surface area contributed by atoms with Crippen molar-refractivity contribution in [3.8, 4) is 0 Å². The van der Waals surface area contributed by atoms with Gasteiger partial charge in [0.1, 0.15) is 0 Å². The van der Waals surface area contributed by atoms with Gasteiger partial charge in [0.25, 0.3) is 0 Å². The lowest BCUT2D eigenvalue weighted by Gasteiger charge is -2.07. The molecule has 2 aromatic carbocycles. The number of rotatable bonds is 5. The molecule has 1 saturated carbocycles. The number of allylic oxidation sites excluding steroid dienone is 1. The maximum Gasteiger partial charge on any atom is 0.200 e. The highest BCUT2D eigenvalue weighted by molar-refractivity contribution is 8.04. The second kappa shape index (κ2) is 6.08. The largest absolute Gasteiger partial charge is 0.219 e. The van der Waals surface area contributed by atoms with Crippen LogP contribution in [0.15, 0.2) is 80.8 Å². The molecule has 1 aliphatic rings. The number of benzene rings is 2. The predicted octanol–water partition coefficient (Wildman–Crippen LogP) is 4.50. The van der Waals surface area contributed by atoms with Crippen LogP contribution in [0.3, 0.4) is 0 Å². The van der Waals surface area contributed by atoms with Crippen LogP contribution < -0.4 is 0 Å². The predicted molar refractivity (Wildman–Crippen MR) is 86.7 cm³/mol. The van der Waals surface area contributed by atoms with E-state index in [0.29, 0.717) is 10.8 Å². The smallest absolute Gasteiger partial charge is 0.200 e. The summed E-state index contributed by atoms with van der Waals surface area (Å²) >= 11 is 1.56. The zero-order valence-electron chi connectivity index (χ0n) is 11.5. The van der Waals surface area contributed by atoms with Gasteiger partial charge in [-0.3, -0.25) is 0 Å². The quantitative estimate of drug-likeness (QED) is 0.761. The van der Waals surface area contributed by atoms with Crippen LogP contribution in [-0.2, 0) is 9.84 Å². The monoisotopic (exact) mass is 316 g/mol. The summed E-state index contributed by atoms with van der Waals surface area (Å²) in [6, 6.07) is 18.5. The molecule has 1 aliphatic carbocycles. The van der Waals surface area contributed by atoms with Gasteiger partial charge in [-0.15, -0.1) is 0 Å². The number of hydrogen-bond donors (Lipinski definition) is 0. The number of hydrogen-bond acceptors (Lipinski definition) is 3. The summed E-state index contributed by atoms with van der Waals surface area (Å²) in [6.07, 6.45) is 2.16. The third-order valence-electron chi connectivity index (χ3n) is 3.30. The van der Waals surface area contributed by atoms with Gasteiger partial charge in [0.2, 0.25) is 9.84 Å². The zero-order chi connectivity index (χ0) is 14.7. The third kappa shape index (κ3) is 3.77. The highest BCUT2D eigenvalue weighted by atomic mass is 32.2. The summed E-state index contributed by atoms with van der Waals surface area (Å²) in [7, 11) is -3.37. The van der Waals surface area contributed by atoms with E-state index in [9.17, 15) is 8.42 Å². The van der Waals surface area contributed by atoms with E-state index in [0.717, 1.165) is 22.6 Å². The summed E-state index contributed by atoms with van der Waals surface area (Å²) in [5.74, 6) is 0.397. The van der Waals surface area contributed by atoms with Crippen LogP contribution in [0.25, 0.3) is 0 Å². The Labute approximate surface area is 129 Å². The van der Waals surface area contributed by atoms with Crippen molar-refractivity contribution in [3.05, 3.63) is 71.0 Å². The fraction of sp³-hybridized carbons (Fsp3) is 0.176. The van der Waals surface area contributed by atoms with Crippen molar-refractivity contribution in [1.29, 1.82) is 0 Å². The Morgan fingerprint density at radius 2 is 1.52 bits per heavy atom. The summed E-state index contributed by atoms with van der Waals surface area (Å²) in [6.45, 7) is 0. The van der Waals surface area contributed by atoms with Gasteiger partial charge < -0.3 is 0 Å². The van der Waals surface area contributed by atoms with E-state index in [1.54, 1.807) is 36.0 Å². The highest BCUT2D eigenvalue weighted by Crippen LogP contribution is 2.45. The van der Waals surface area contributed by atoms with E-state index in [1.807, 2.05) is 36.4 Å². The van der Waals surface area contributed by atoms with Crippen LogP contribution >= 0.6 is 11.8 Å². The first kappa shape index (κ1) is 14.4. The SMILES string of the molecule is O=S(=O)(/C=C(/Sc1ccccc1)C1CC1)c1ccccc1. The molecule has 3 rings (SSSR count). The Hall–Kier alpha value is -1.52. The summed E-state index contributed by atoms with van der Waals surface area (Å²) in [5, 5.41) is 1.46. The Balaban J connectivity index is 1.90. The molecule has 0 aromatic heterocycles. The molecule has 1 fully saturated rings. The summed E-state index contributed by atoms with van der Waals surface area (Å²) in [5.41, 5.74) is 0. The first-order chi connectivity index (χ1) is 10.1. The molecule has 2 aromatic rings. The van der Waals surface area contributed by atoms with E-state index in [-0.39, 0.29) is 0 Å². The van der Waals surface area contributed by atoms with E-state index < -0.39 is 9.84 Å². The van der Waals surface area contributed by atoms with Crippen LogP contribution in [0.1, 0.15) is 12.8 Å². The first-order valence-electron chi connectivity index (χ1n) is 6.90. The Bertz CT molecular complexity index is 731. The van der Waals surface area contributed by atoms with Crippen LogP contribution in [0, 0.1) is 5.92 Å². The van der Waals surface area contributed by atoms with Crippen LogP contribution in [0.5, 0.6) is 0 Å². The fourth-order valence-corrected chi connectivity index (χ4v) is 4.74. The Morgan fingerprint density at radius 1 is 0.952 bits per heavy atom. The molecular formula is C17H16O2S2. The van der Waals surface area contributed by atoms with Gasteiger partial charge in [-0.25, -0.2) is 8.42 Å². The van der Waals surface area contributed by atoms with Crippen LogP contribution in [0.2, 0.25) is 0 Å². The van der Waals surface area contributed by atoms with Gasteiger partial charge >= 0.3 is 0 Å². The molecule has 0 atom stereocenters. The molecule has 0 heterocycles. The van der Waals surface area contributed by atoms with Gasteiger partial charge in [-0.2, -0.15) is 0 Å². The molecule has 4 heteroatoms. The Morgan fingerprint density at radius 3 is 2.10 bits per heavy atom. The molecule has 0 unspecified atom stereocenters. The minimum Gasteiger partial charge on any atom is -0.219 e. The normalized spacial score (nSPS) is 15.9. The third-order valence-corrected chi connectivity index (χ3v) is 6.14. The molecule has 0 amide bonds. The van der Waals surface area contributed by atoms with Crippen molar-refractivity contribution in [2.45, 2.75) is 22.6 Å². The second-order valence-electron chi connectivity index (χ2n) is 5.07. The molecular weight excluding hydrogens is 300 g/mol. The lowest BCUT2D eigenvalue weighted by Crippen LogP contribution is -1.98. The minimum absolute atomic E-state index is 0.358. The topological polar surface area (TPSA) is 34.1 Å². The van der Waals surface area contributed by atoms with E-state index >= 15 is 0 Å². The van der Waals surface area contributed by atoms with Gasteiger partial charge in [-0.1, -0.05) is 48.2 Å². The van der Waals surface area contributed by atoms with Gasteiger partial charge in [0.05, 0.1) is 4.90 Å². The van der Waals surface area contributed by atoms with Crippen molar-refractivity contribution in [3.63, 3.8) is 0 Å². The molecule has 0 saturated heterocycles. The zero-order valence-corrected chi connectivity index (χ0v) is 13.1. The summed E-state index contributed by atoms with van der Waals surface area (Å²) in [4.78, 5) is 2.39. The Kier molecular flexibility index (Phi) is 4.17. The molecule has 0 N–H and O–H groups in total. The van der Waals surface area contributed by atoms with Gasteiger partial charge in [0.15, 0.2) is 0 Å². The molecule has 0 bridgehead atoms. The molecule has 21 heavy (non-hydrogen) atoms. The second-order valence-corrected chi connectivity index (χ2v) is 8.01. The van der Waals surface area contributed by atoms with Crippen molar-refractivity contribution < 1.29 is 8.42 Å². The first-order valence-corrected chi connectivity index (χ1v) is 9.26. The molecule has 108 valence electrons. The van der Waals surface area contributed by atoms with E-state index in [4.69, 9.17) is 0 Å².